The third-order valence-corrected chi connectivity index (χ3v) is 5.16. The van der Waals surface area contributed by atoms with E-state index in [1.54, 1.807) is 12.1 Å². The van der Waals surface area contributed by atoms with Crippen LogP contribution in [0.5, 0.6) is 5.75 Å². The molecule has 0 aromatic heterocycles. The fourth-order valence-corrected chi connectivity index (χ4v) is 3.83. The number of halogens is 1. The lowest BCUT2D eigenvalue weighted by Gasteiger charge is -2.29. The minimum absolute atomic E-state index is 0.0359. The zero-order valence-electron chi connectivity index (χ0n) is 13.5. The second kappa shape index (κ2) is 7.43. The molecule has 3 rings (SSSR count). The highest BCUT2D eigenvalue weighted by molar-refractivity contribution is 6.30. The number of likely N-dealkylation sites (tertiary alicyclic amines) is 1. The number of amides is 1. The van der Waals surface area contributed by atoms with Crippen LogP contribution in [0.1, 0.15) is 32.1 Å². The van der Waals surface area contributed by atoms with E-state index < -0.39 is 5.97 Å². The fourth-order valence-electron chi connectivity index (χ4n) is 3.65. The molecule has 3 unspecified atom stereocenters. The Morgan fingerprint density at radius 1 is 1.21 bits per heavy atom. The number of carbonyl (C=O) groups excluding carboxylic acids is 1. The van der Waals surface area contributed by atoms with Gasteiger partial charge in [-0.1, -0.05) is 24.1 Å². The van der Waals surface area contributed by atoms with Gasteiger partial charge in [0.2, 0.25) is 5.91 Å². The van der Waals surface area contributed by atoms with Crippen molar-refractivity contribution in [3.05, 3.63) is 29.3 Å². The lowest BCUT2D eigenvalue weighted by atomic mass is 9.81. The predicted molar refractivity (Wildman–Crippen MR) is 90.1 cm³/mol. The maximum atomic E-state index is 12.7. The van der Waals surface area contributed by atoms with E-state index in [9.17, 15) is 14.7 Å². The van der Waals surface area contributed by atoms with Gasteiger partial charge >= 0.3 is 5.97 Å². The molecular formula is C18H22ClNO4. The van der Waals surface area contributed by atoms with E-state index in [0.717, 1.165) is 19.3 Å². The van der Waals surface area contributed by atoms with Crippen molar-refractivity contribution in [1.29, 1.82) is 0 Å². The van der Waals surface area contributed by atoms with E-state index in [0.29, 0.717) is 36.7 Å². The van der Waals surface area contributed by atoms with Gasteiger partial charge in [-0.3, -0.25) is 9.59 Å². The first-order chi connectivity index (χ1) is 11.5. The average molecular weight is 352 g/mol. The van der Waals surface area contributed by atoms with Crippen LogP contribution in [0.2, 0.25) is 5.02 Å². The highest BCUT2D eigenvalue weighted by Crippen LogP contribution is 2.32. The number of benzene rings is 1. The van der Waals surface area contributed by atoms with Gasteiger partial charge < -0.3 is 14.7 Å². The van der Waals surface area contributed by atoms with E-state index in [1.165, 1.54) is 0 Å². The van der Waals surface area contributed by atoms with E-state index in [1.807, 2.05) is 17.0 Å². The van der Waals surface area contributed by atoms with Crippen molar-refractivity contribution in [2.75, 3.05) is 13.1 Å². The van der Waals surface area contributed by atoms with Crippen LogP contribution in [-0.4, -0.2) is 41.1 Å². The first-order valence-corrected chi connectivity index (χ1v) is 8.84. The molecule has 2 fully saturated rings. The summed E-state index contributed by atoms with van der Waals surface area (Å²) in [5, 5.41) is 9.80. The van der Waals surface area contributed by atoms with Gasteiger partial charge in [0.05, 0.1) is 12.5 Å². The number of hydrogen-bond donors (Lipinski definition) is 1. The summed E-state index contributed by atoms with van der Waals surface area (Å²) in [5.41, 5.74) is 0. The van der Waals surface area contributed by atoms with Crippen LogP contribution in [0, 0.1) is 11.8 Å². The maximum absolute atomic E-state index is 12.7. The molecule has 1 aromatic rings. The fraction of sp³-hybridized carbons (Fsp3) is 0.556. The summed E-state index contributed by atoms with van der Waals surface area (Å²) >= 11 is 5.96. The molecule has 1 amide bonds. The van der Waals surface area contributed by atoms with Crippen LogP contribution in [0.4, 0.5) is 0 Å². The molecule has 1 saturated carbocycles. The predicted octanol–water partition coefficient (Wildman–Crippen LogP) is 3.21. The number of carbonyl (C=O) groups is 2. The van der Waals surface area contributed by atoms with Crippen molar-refractivity contribution in [3.8, 4) is 5.75 Å². The van der Waals surface area contributed by atoms with Gasteiger partial charge in [0.15, 0.2) is 0 Å². The Balaban J connectivity index is 1.55. The Morgan fingerprint density at radius 2 is 2.00 bits per heavy atom. The van der Waals surface area contributed by atoms with Gasteiger partial charge in [0.25, 0.3) is 0 Å². The van der Waals surface area contributed by atoms with E-state index in [4.69, 9.17) is 16.3 Å². The van der Waals surface area contributed by atoms with Crippen molar-refractivity contribution in [2.45, 2.75) is 38.2 Å². The molecule has 1 saturated heterocycles. The van der Waals surface area contributed by atoms with E-state index >= 15 is 0 Å². The van der Waals surface area contributed by atoms with Gasteiger partial charge in [0, 0.05) is 23.9 Å². The van der Waals surface area contributed by atoms with Crippen molar-refractivity contribution in [3.63, 3.8) is 0 Å². The van der Waals surface area contributed by atoms with Crippen molar-refractivity contribution in [1.82, 2.24) is 4.90 Å². The Hall–Kier alpha value is -1.75. The molecule has 1 aliphatic heterocycles. The monoisotopic (exact) mass is 351 g/mol. The average Bonchev–Trinajstić information content (AvgIpc) is 3.02. The molecule has 130 valence electrons. The molecule has 0 radical (unpaired) electrons. The topological polar surface area (TPSA) is 66.8 Å². The zero-order valence-corrected chi connectivity index (χ0v) is 14.2. The largest absolute Gasteiger partial charge is 0.488 e. The van der Waals surface area contributed by atoms with Crippen LogP contribution in [0.15, 0.2) is 24.3 Å². The number of aliphatic carboxylic acids is 1. The molecule has 1 aliphatic carbocycles. The maximum Gasteiger partial charge on any atom is 0.306 e. The number of nitrogens with zero attached hydrogens (tertiary/aromatic N) is 1. The smallest absolute Gasteiger partial charge is 0.306 e. The number of rotatable bonds is 4. The number of hydrogen-bond acceptors (Lipinski definition) is 3. The lowest BCUT2D eigenvalue weighted by Crippen LogP contribution is -2.38. The summed E-state index contributed by atoms with van der Waals surface area (Å²) in [6.07, 6.45) is 3.49. The standard InChI is InChI=1S/C18H22ClNO4/c19-14-5-2-6-15(10-14)24-16-7-8-20(11-16)17(21)12-3-1-4-13(9-12)18(22)23/h2,5-6,10,12-13,16H,1,3-4,7-9,11H2,(H,22,23). The van der Waals surface area contributed by atoms with E-state index in [-0.39, 0.29) is 23.8 Å². The van der Waals surface area contributed by atoms with Gasteiger partial charge in [-0.05, 0) is 37.5 Å². The number of carboxylic acid groups (broad SMARTS) is 1. The Bertz CT molecular complexity index is 621. The van der Waals surface area contributed by atoms with Gasteiger partial charge in [-0.15, -0.1) is 0 Å². The van der Waals surface area contributed by atoms with Crippen LogP contribution < -0.4 is 4.74 Å². The second-order valence-electron chi connectivity index (χ2n) is 6.67. The summed E-state index contributed by atoms with van der Waals surface area (Å²) in [6, 6.07) is 7.25. The lowest BCUT2D eigenvalue weighted by molar-refractivity contribution is -0.145. The number of ether oxygens (including phenoxy) is 1. The van der Waals surface area contributed by atoms with Gasteiger partial charge in [-0.2, -0.15) is 0 Å². The third kappa shape index (κ3) is 4.01. The summed E-state index contributed by atoms with van der Waals surface area (Å²) < 4.78 is 5.91. The molecule has 1 aromatic carbocycles. The minimum atomic E-state index is -0.781. The molecular weight excluding hydrogens is 330 g/mol. The van der Waals surface area contributed by atoms with Crippen molar-refractivity contribution in [2.24, 2.45) is 11.8 Å². The molecule has 5 nitrogen and oxygen atoms in total. The van der Waals surface area contributed by atoms with Crippen LogP contribution >= 0.6 is 11.6 Å². The Labute approximate surface area is 146 Å². The highest BCUT2D eigenvalue weighted by atomic mass is 35.5. The van der Waals surface area contributed by atoms with Gasteiger partial charge in [0.1, 0.15) is 11.9 Å². The van der Waals surface area contributed by atoms with Crippen LogP contribution in [0.25, 0.3) is 0 Å². The normalized spacial score (nSPS) is 27.0. The molecule has 2 aliphatic rings. The quantitative estimate of drug-likeness (QED) is 0.904. The highest BCUT2D eigenvalue weighted by Gasteiger charge is 2.36. The zero-order chi connectivity index (χ0) is 17.1. The molecule has 0 spiro atoms. The molecule has 6 heteroatoms. The molecule has 0 bridgehead atoms. The molecule has 1 N–H and O–H groups in total. The van der Waals surface area contributed by atoms with E-state index in [2.05, 4.69) is 0 Å². The minimum Gasteiger partial charge on any atom is -0.488 e. The summed E-state index contributed by atoms with van der Waals surface area (Å²) in [7, 11) is 0. The van der Waals surface area contributed by atoms with Crippen LogP contribution in [-0.2, 0) is 9.59 Å². The molecule has 1 heterocycles. The Morgan fingerprint density at radius 3 is 2.75 bits per heavy atom. The molecule has 24 heavy (non-hydrogen) atoms. The number of carboxylic acids is 1. The first-order valence-electron chi connectivity index (χ1n) is 8.46. The summed E-state index contributed by atoms with van der Waals surface area (Å²) in [6.45, 7) is 1.22. The third-order valence-electron chi connectivity index (χ3n) is 4.93. The first kappa shape index (κ1) is 17.1. The summed E-state index contributed by atoms with van der Waals surface area (Å²) in [4.78, 5) is 25.7. The molecule has 3 atom stereocenters. The SMILES string of the molecule is O=C(O)C1CCCC(C(=O)N2CCC(Oc3cccc(Cl)c3)C2)C1. The summed E-state index contributed by atoms with van der Waals surface area (Å²) in [5.74, 6) is -0.529. The van der Waals surface area contributed by atoms with Gasteiger partial charge in [-0.25, -0.2) is 0 Å². The van der Waals surface area contributed by atoms with Crippen LogP contribution in [0.3, 0.4) is 0 Å². The Kier molecular flexibility index (Phi) is 5.29. The van der Waals surface area contributed by atoms with Crippen molar-refractivity contribution < 1.29 is 19.4 Å². The second-order valence-corrected chi connectivity index (χ2v) is 7.11. The van der Waals surface area contributed by atoms with Crippen molar-refractivity contribution >= 4 is 23.5 Å².